The van der Waals surface area contributed by atoms with Crippen molar-refractivity contribution in [2.45, 2.75) is 6.92 Å². The zero-order valence-corrected chi connectivity index (χ0v) is 11.3. The molecule has 0 saturated carbocycles. The molecule has 2 rings (SSSR count). The molecule has 0 aliphatic carbocycles. The Bertz CT molecular complexity index is 642. The lowest BCUT2D eigenvalue weighted by Gasteiger charge is -1.98. The van der Waals surface area contributed by atoms with E-state index in [4.69, 9.17) is 25.9 Å². The van der Waals surface area contributed by atoms with Gasteiger partial charge in [0.15, 0.2) is 0 Å². The number of carboxylic acids is 1. The van der Waals surface area contributed by atoms with Gasteiger partial charge in [-0.1, -0.05) is 11.6 Å². The number of furan rings is 1. The minimum absolute atomic E-state index is 0.107. The molecule has 20 heavy (non-hydrogen) atoms. The summed E-state index contributed by atoms with van der Waals surface area (Å²) in [6, 6.07) is 7.97. The second kappa shape index (κ2) is 5.79. The second-order valence-electron chi connectivity index (χ2n) is 3.89. The van der Waals surface area contributed by atoms with E-state index in [0.29, 0.717) is 10.6 Å². The van der Waals surface area contributed by atoms with Gasteiger partial charge >= 0.3 is 11.9 Å². The largest absolute Gasteiger partial charge is 0.475 e. The third kappa shape index (κ3) is 2.83. The van der Waals surface area contributed by atoms with Gasteiger partial charge in [-0.25, -0.2) is 9.59 Å². The number of rotatable bonds is 4. The maximum absolute atomic E-state index is 11.7. The van der Waals surface area contributed by atoms with Crippen LogP contribution in [0, 0.1) is 0 Å². The van der Waals surface area contributed by atoms with E-state index in [-0.39, 0.29) is 17.9 Å². The van der Waals surface area contributed by atoms with Crippen LogP contribution in [0.1, 0.15) is 27.8 Å². The summed E-state index contributed by atoms with van der Waals surface area (Å²) in [5, 5.41) is 9.61. The lowest BCUT2D eigenvalue weighted by Crippen LogP contribution is -2.08. The summed E-state index contributed by atoms with van der Waals surface area (Å²) in [7, 11) is 0. The molecule has 0 unspecified atom stereocenters. The Morgan fingerprint density at radius 1 is 1.30 bits per heavy atom. The molecule has 1 aromatic carbocycles. The molecular weight excluding hydrogens is 284 g/mol. The number of carbonyl (C=O) groups is 2. The Kier molecular flexibility index (Phi) is 4.10. The normalized spacial score (nSPS) is 10.3. The van der Waals surface area contributed by atoms with Crippen LogP contribution in [0.4, 0.5) is 0 Å². The highest BCUT2D eigenvalue weighted by atomic mass is 35.5. The average Bonchev–Trinajstić information content (AvgIpc) is 2.85. The van der Waals surface area contributed by atoms with Crippen molar-refractivity contribution in [1.82, 2.24) is 0 Å². The molecule has 2 aromatic rings. The first-order chi connectivity index (χ1) is 9.52. The number of esters is 1. The zero-order chi connectivity index (χ0) is 14.7. The summed E-state index contributed by atoms with van der Waals surface area (Å²) in [4.78, 5) is 22.8. The first-order valence-electron chi connectivity index (χ1n) is 5.83. The molecule has 0 spiro atoms. The van der Waals surface area contributed by atoms with E-state index in [1.165, 1.54) is 6.07 Å². The van der Waals surface area contributed by atoms with Gasteiger partial charge in [-0.3, -0.25) is 0 Å². The highest BCUT2D eigenvalue weighted by Gasteiger charge is 2.24. The van der Waals surface area contributed by atoms with Crippen LogP contribution in [-0.2, 0) is 4.74 Å². The molecule has 0 radical (unpaired) electrons. The quantitative estimate of drug-likeness (QED) is 0.874. The van der Waals surface area contributed by atoms with Gasteiger partial charge in [-0.15, -0.1) is 0 Å². The number of aromatic carboxylic acids is 1. The Morgan fingerprint density at radius 3 is 2.50 bits per heavy atom. The monoisotopic (exact) mass is 294 g/mol. The van der Waals surface area contributed by atoms with Crippen molar-refractivity contribution in [3.8, 4) is 11.3 Å². The van der Waals surface area contributed by atoms with E-state index in [1.807, 2.05) is 0 Å². The van der Waals surface area contributed by atoms with Crippen LogP contribution in [0.25, 0.3) is 11.3 Å². The highest BCUT2D eigenvalue weighted by Crippen LogP contribution is 2.27. The lowest BCUT2D eigenvalue weighted by molar-refractivity contribution is 0.0508. The summed E-state index contributed by atoms with van der Waals surface area (Å²) in [6.07, 6.45) is 0. The fourth-order valence-electron chi connectivity index (χ4n) is 1.67. The molecule has 5 nitrogen and oxygen atoms in total. The molecule has 0 bridgehead atoms. The summed E-state index contributed by atoms with van der Waals surface area (Å²) in [5.74, 6) is -2.22. The molecule has 1 aromatic heterocycles. The Morgan fingerprint density at radius 2 is 1.95 bits per heavy atom. The molecule has 0 aliphatic rings. The van der Waals surface area contributed by atoms with Crippen molar-refractivity contribution in [3.63, 3.8) is 0 Å². The molecule has 0 fully saturated rings. The van der Waals surface area contributed by atoms with E-state index in [1.54, 1.807) is 31.2 Å². The number of benzene rings is 1. The molecule has 0 aliphatic heterocycles. The standard InChI is InChI=1S/C14H11ClO5/c1-2-19-14(18)10-7-11(20-12(10)13(16)17)8-3-5-9(15)6-4-8/h3-7H,2H2,1H3,(H,16,17). The molecule has 104 valence electrons. The summed E-state index contributed by atoms with van der Waals surface area (Å²) in [6.45, 7) is 1.79. The van der Waals surface area contributed by atoms with Crippen molar-refractivity contribution in [1.29, 1.82) is 0 Å². The fraction of sp³-hybridized carbons (Fsp3) is 0.143. The fourth-order valence-corrected chi connectivity index (χ4v) is 1.79. The van der Waals surface area contributed by atoms with Gasteiger partial charge in [0.05, 0.1) is 6.61 Å². The number of carbonyl (C=O) groups excluding carboxylic acids is 1. The molecule has 6 heteroatoms. The van der Waals surface area contributed by atoms with Crippen LogP contribution in [0.5, 0.6) is 0 Å². The van der Waals surface area contributed by atoms with E-state index < -0.39 is 17.7 Å². The van der Waals surface area contributed by atoms with Crippen LogP contribution >= 0.6 is 11.6 Å². The minimum Gasteiger partial charge on any atom is -0.475 e. The third-order valence-corrected chi connectivity index (χ3v) is 2.80. The Balaban J connectivity index is 2.46. The van der Waals surface area contributed by atoms with Crippen molar-refractivity contribution in [3.05, 3.63) is 46.7 Å². The lowest BCUT2D eigenvalue weighted by atomic mass is 10.1. The average molecular weight is 295 g/mol. The summed E-state index contributed by atoms with van der Waals surface area (Å²) >= 11 is 5.78. The number of ether oxygens (including phenoxy) is 1. The summed E-state index contributed by atoms with van der Waals surface area (Å²) in [5.41, 5.74) is 0.511. The second-order valence-corrected chi connectivity index (χ2v) is 4.32. The van der Waals surface area contributed by atoms with Gasteiger partial charge < -0.3 is 14.3 Å². The maximum atomic E-state index is 11.7. The first-order valence-corrected chi connectivity index (χ1v) is 6.21. The van der Waals surface area contributed by atoms with Crippen LogP contribution in [-0.4, -0.2) is 23.7 Å². The minimum atomic E-state index is -1.33. The van der Waals surface area contributed by atoms with Gasteiger partial charge in [0.2, 0.25) is 5.76 Å². The molecule has 0 saturated heterocycles. The smallest absolute Gasteiger partial charge is 0.372 e. The third-order valence-electron chi connectivity index (χ3n) is 2.55. The van der Waals surface area contributed by atoms with Gasteiger partial charge in [0.1, 0.15) is 11.3 Å². The first kappa shape index (κ1) is 14.1. The van der Waals surface area contributed by atoms with E-state index in [9.17, 15) is 9.59 Å². The van der Waals surface area contributed by atoms with Gasteiger partial charge in [0.25, 0.3) is 0 Å². The van der Waals surface area contributed by atoms with Crippen LogP contribution in [0.3, 0.4) is 0 Å². The molecule has 0 atom stereocenters. The van der Waals surface area contributed by atoms with Crippen LogP contribution < -0.4 is 0 Å². The topological polar surface area (TPSA) is 76.7 Å². The predicted octanol–water partition coefficient (Wildman–Crippen LogP) is 3.47. The van der Waals surface area contributed by atoms with Crippen molar-refractivity contribution in [2.75, 3.05) is 6.61 Å². The van der Waals surface area contributed by atoms with Crippen molar-refractivity contribution in [2.24, 2.45) is 0 Å². The molecule has 1 heterocycles. The van der Waals surface area contributed by atoms with Gasteiger partial charge in [0, 0.05) is 10.6 Å². The maximum Gasteiger partial charge on any atom is 0.372 e. The Labute approximate surface area is 119 Å². The van der Waals surface area contributed by atoms with E-state index in [0.717, 1.165) is 0 Å². The number of halogens is 1. The number of hydrogen-bond donors (Lipinski definition) is 1. The van der Waals surface area contributed by atoms with Crippen LogP contribution in [0.15, 0.2) is 34.7 Å². The highest BCUT2D eigenvalue weighted by molar-refractivity contribution is 6.30. The van der Waals surface area contributed by atoms with E-state index in [2.05, 4.69) is 0 Å². The Hall–Kier alpha value is -2.27. The van der Waals surface area contributed by atoms with Crippen molar-refractivity contribution >= 4 is 23.5 Å². The van der Waals surface area contributed by atoms with E-state index >= 15 is 0 Å². The molecular formula is C14H11ClO5. The molecule has 0 amide bonds. The predicted molar refractivity (Wildman–Crippen MR) is 72.1 cm³/mol. The molecule has 1 N–H and O–H groups in total. The van der Waals surface area contributed by atoms with Gasteiger partial charge in [-0.2, -0.15) is 0 Å². The van der Waals surface area contributed by atoms with Crippen LogP contribution in [0.2, 0.25) is 5.02 Å². The number of hydrogen-bond acceptors (Lipinski definition) is 4. The van der Waals surface area contributed by atoms with Gasteiger partial charge in [-0.05, 0) is 37.3 Å². The summed E-state index contributed by atoms with van der Waals surface area (Å²) < 4.78 is 10.0. The SMILES string of the molecule is CCOC(=O)c1cc(-c2ccc(Cl)cc2)oc1C(=O)O. The zero-order valence-electron chi connectivity index (χ0n) is 10.6. The number of carboxylic acid groups (broad SMARTS) is 1. The van der Waals surface area contributed by atoms with Crippen molar-refractivity contribution < 1.29 is 23.8 Å².